The van der Waals surface area contributed by atoms with E-state index >= 15 is 0 Å². The van der Waals surface area contributed by atoms with E-state index in [0.29, 0.717) is 6.42 Å². The molecular formula is C18H26N2O. The lowest BCUT2D eigenvalue weighted by Gasteiger charge is -2.21. The van der Waals surface area contributed by atoms with E-state index in [1.54, 1.807) is 0 Å². The van der Waals surface area contributed by atoms with E-state index in [9.17, 15) is 4.79 Å². The number of hydrogen-bond acceptors (Lipinski definition) is 2. The Kier molecular flexibility index (Phi) is 4.29. The van der Waals surface area contributed by atoms with Gasteiger partial charge in [-0.05, 0) is 43.2 Å². The number of carbonyl (C=O) groups is 1. The first-order chi connectivity index (χ1) is 10.2. The molecule has 21 heavy (non-hydrogen) atoms. The summed E-state index contributed by atoms with van der Waals surface area (Å²) < 4.78 is 0. The molecule has 1 saturated heterocycles. The minimum atomic E-state index is 0.00174. The monoisotopic (exact) mass is 286 g/mol. The third-order valence-electron chi connectivity index (χ3n) is 4.85. The van der Waals surface area contributed by atoms with Crippen molar-refractivity contribution in [2.24, 2.45) is 5.73 Å². The van der Waals surface area contributed by atoms with E-state index in [1.807, 2.05) is 6.07 Å². The van der Waals surface area contributed by atoms with Gasteiger partial charge < -0.3 is 10.6 Å². The van der Waals surface area contributed by atoms with Crippen LogP contribution in [0.15, 0.2) is 24.3 Å². The molecule has 1 aromatic carbocycles. The van der Waals surface area contributed by atoms with Gasteiger partial charge in [0.25, 0.3) is 0 Å². The highest BCUT2D eigenvalue weighted by Crippen LogP contribution is 2.36. The Hall–Kier alpha value is -1.35. The summed E-state index contributed by atoms with van der Waals surface area (Å²) in [7, 11) is 0. The maximum absolute atomic E-state index is 12.5. The molecule has 1 heterocycles. The maximum Gasteiger partial charge on any atom is 0.226 e. The van der Waals surface area contributed by atoms with Crippen molar-refractivity contribution in [1.29, 1.82) is 0 Å². The number of nitrogens with two attached hydrogens (primary N) is 1. The third-order valence-corrected chi connectivity index (χ3v) is 4.85. The Bertz CT molecular complexity index is 500. The van der Waals surface area contributed by atoms with E-state index in [1.165, 1.54) is 24.0 Å². The van der Waals surface area contributed by atoms with E-state index < -0.39 is 0 Å². The molecule has 1 amide bonds. The van der Waals surface area contributed by atoms with Crippen LogP contribution in [0.25, 0.3) is 0 Å². The molecular weight excluding hydrogens is 260 g/mol. The van der Waals surface area contributed by atoms with Crippen molar-refractivity contribution >= 4 is 5.91 Å². The van der Waals surface area contributed by atoms with Crippen LogP contribution in [0.2, 0.25) is 0 Å². The summed E-state index contributed by atoms with van der Waals surface area (Å²) in [4.78, 5) is 14.6. The highest BCUT2D eigenvalue weighted by Gasteiger charge is 2.38. The fraction of sp³-hybridized carbons (Fsp3) is 0.611. The van der Waals surface area contributed by atoms with E-state index in [0.717, 1.165) is 45.2 Å². The normalized spacial score (nSPS) is 20.9. The summed E-state index contributed by atoms with van der Waals surface area (Å²) in [5, 5.41) is 0. The van der Waals surface area contributed by atoms with Gasteiger partial charge in [-0.1, -0.05) is 37.1 Å². The van der Waals surface area contributed by atoms with Gasteiger partial charge in [0.15, 0.2) is 0 Å². The fourth-order valence-corrected chi connectivity index (χ4v) is 3.21. The predicted molar refractivity (Wildman–Crippen MR) is 85.1 cm³/mol. The molecule has 0 unspecified atom stereocenters. The summed E-state index contributed by atoms with van der Waals surface area (Å²) in [5.74, 6) is 0.284. The third kappa shape index (κ3) is 3.85. The van der Waals surface area contributed by atoms with Crippen LogP contribution in [0.1, 0.15) is 49.7 Å². The molecule has 3 nitrogen and oxygen atoms in total. The second-order valence-corrected chi connectivity index (χ2v) is 6.78. The lowest BCUT2D eigenvalue weighted by Crippen LogP contribution is -2.33. The first-order valence-electron chi connectivity index (χ1n) is 8.30. The van der Waals surface area contributed by atoms with Crippen molar-refractivity contribution in [1.82, 2.24) is 4.90 Å². The van der Waals surface area contributed by atoms with Crippen molar-refractivity contribution in [2.75, 3.05) is 13.1 Å². The second kappa shape index (κ2) is 6.18. The van der Waals surface area contributed by atoms with Crippen molar-refractivity contribution in [3.63, 3.8) is 0 Å². The molecule has 2 N–H and O–H groups in total. The Labute approximate surface area is 127 Å². The van der Waals surface area contributed by atoms with Gasteiger partial charge in [0.1, 0.15) is 0 Å². The molecule has 0 atom stereocenters. The minimum Gasteiger partial charge on any atom is -0.342 e. The molecule has 1 aliphatic carbocycles. The number of benzene rings is 1. The van der Waals surface area contributed by atoms with Gasteiger partial charge in [0, 0.05) is 18.6 Å². The van der Waals surface area contributed by atoms with Crippen LogP contribution < -0.4 is 5.73 Å². The quantitative estimate of drug-likeness (QED) is 0.925. The highest BCUT2D eigenvalue weighted by molar-refractivity contribution is 5.79. The molecule has 2 fully saturated rings. The zero-order valence-electron chi connectivity index (χ0n) is 12.8. The molecule has 0 bridgehead atoms. The van der Waals surface area contributed by atoms with Gasteiger partial charge >= 0.3 is 0 Å². The first kappa shape index (κ1) is 14.6. The number of nitrogens with zero attached hydrogens (tertiary/aromatic N) is 1. The molecule has 114 valence electrons. The standard InChI is InChI=1S/C18H26N2O/c19-18(9-10-18)14-16-8-4-3-7-15(16)13-17(21)20-11-5-1-2-6-12-20/h3-4,7-8H,1-2,5-6,9-14,19H2. The van der Waals surface area contributed by atoms with Crippen molar-refractivity contribution in [3.05, 3.63) is 35.4 Å². The molecule has 1 aliphatic heterocycles. The van der Waals surface area contributed by atoms with Crippen LogP contribution in [0.5, 0.6) is 0 Å². The van der Waals surface area contributed by atoms with E-state index in [2.05, 4.69) is 23.1 Å². The summed E-state index contributed by atoms with van der Waals surface area (Å²) >= 11 is 0. The SMILES string of the molecule is NC1(Cc2ccccc2CC(=O)N2CCCCCC2)CC1. The van der Waals surface area contributed by atoms with Crippen molar-refractivity contribution in [2.45, 2.75) is 56.9 Å². The molecule has 0 radical (unpaired) electrons. The number of amides is 1. The lowest BCUT2D eigenvalue weighted by atomic mass is 9.97. The van der Waals surface area contributed by atoms with Gasteiger partial charge in [0.05, 0.1) is 6.42 Å². The van der Waals surface area contributed by atoms with Gasteiger partial charge in [-0.25, -0.2) is 0 Å². The summed E-state index contributed by atoms with van der Waals surface area (Å²) in [6.45, 7) is 1.86. The zero-order chi connectivity index (χ0) is 14.7. The summed E-state index contributed by atoms with van der Waals surface area (Å²) in [6, 6.07) is 8.32. The number of hydrogen-bond donors (Lipinski definition) is 1. The molecule has 0 aromatic heterocycles. The van der Waals surface area contributed by atoms with Crippen LogP contribution in [0.4, 0.5) is 0 Å². The summed E-state index contributed by atoms with van der Waals surface area (Å²) in [6.07, 6.45) is 8.50. The molecule has 1 aromatic rings. The summed E-state index contributed by atoms with van der Waals surface area (Å²) in [5.41, 5.74) is 8.68. The Morgan fingerprint density at radius 3 is 2.29 bits per heavy atom. The lowest BCUT2D eigenvalue weighted by molar-refractivity contribution is -0.130. The zero-order valence-corrected chi connectivity index (χ0v) is 12.8. The first-order valence-corrected chi connectivity index (χ1v) is 8.30. The van der Waals surface area contributed by atoms with Crippen LogP contribution in [-0.4, -0.2) is 29.4 Å². The average Bonchev–Trinajstić information content (AvgIpc) is 3.24. The predicted octanol–water partition coefficient (Wildman–Crippen LogP) is 2.67. The number of likely N-dealkylation sites (tertiary alicyclic amines) is 1. The van der Waals surface area contributed by atoms with Gasteiger partial charge in [-0.15, -0.1) is 0 Å². The maximum atomic E-state index is 12.5. The van der Waals surface area contributed by atoms with Gasteiger partial charge in [-0.3, -0.25) is 4.79 Å². The fourth-order valence-electron chi connectivity index (χ4n) is 3.21. The van der Waals surface area contributed by atoms with Crippen LogP contribution in [-0.2, 0) is 17.6 Å². The number of rotatable bonds is 4. The van der Waals surface area contributed by atoms with Gasteiger partial charge in [0.2, 0.25) is 5.91 Å². The molecule has 3 heteroatoms. The van der Waals surface area contributed by atoms with Crippen molar-refractivity contribution < 1.29 is 4.79 Å². The Morgan fingerprint density at radius 2 is 1.67 bits per heavy atom. The topological polar surface area (TPSA) is 46.3 Å². The number of carbonyl (C=O) groups excluding carboxylic acids is 1. The van der Waals surface area contributed by atoms with Crippen LogP contribution >= 0.6 is 0 Å². The molecule has 2 aliphatic rings. The van der Waals surface area contributed by atoms with E-state index in [4.69, 9.17) is 5.73 Å². The highest BCUT2D eigenvalue weighted by atomic mass is 16.2. The smallest absolute Gasteiger partial charge is 0.226 e. The molecule has 3 rings (SSSR count). The Balaban J connectivity index is 1.67. The van der Waals surface area contributed by atoms with Crippen molar-refractivity contribution in [3.8, 4) is 0 Å². The van der Waals surface area contributed by atoms with Gasteiger partial charge in [-0.2, -0.15) is 0 Å². The minimum absolute atomic E-state index is 0.00174. The van der Waals surface area contributed by atoms with E-state index in [-0.39, 0.29) is 11.4 Å². The Morgan fingerprint density at radius 1 is 1.05 bits per heavy atom. The largest absolute Gasteiger partial charge is 0.342 e. The molecule has 1 saturated carbocycles. The molecule has 0 spiro atoms. The second-order valence-electron chi connectivity index (χ2n) is 6.78. The average molecular weight is 286 g/mol. The van der Waals surface area contributed by atoms with Crippen LogP contribution in [0, 0.1) is 0 Å². The van der Waals surface area contributed by atoms with Crippen LogP contribution in [0.3, 0.4) is 0 Å².